The molecule has 3 rings (SSSR count). The van der Waals surface area contributed by atoms with Crippen molar-refractivity contribution < 1.29 is 14.5 Å². The van der Waals surface area contributed by atoms with Gasteiger partial charge in [-0.2, -0.15) is 0 Å². The van der Waals surface area contributed by atoms with Crippen molar-refractivity contribution in [2.75, 3.05) is 6.54 Å². The number of carbonyl (C=O) groups is 2. The number of nitrogens with zero attached hydrogens (tertiary/aromatic N) is 2. The topological polar surface area (TPSA) is 119 Å². The highest BCUT2D eigenvalue weighted by molar-refractivity contribution is 7.17. The van der Waals surface area contributed by atoms with Gasteiger partial charge >= 0.3 is 5.00 Å². The molecule has 1 aromatic heterocycles. The van der Waals surface area contributed by atoms with E-state index in [2.05, 4.69) is 5.32 Å². The number of amides is 2. The molecule has 2 aliphatic rings. The lowest BCUT2D eigenvalue weighted by atomic mass is 9.91. The largest absolute Gasteiger partial charge is 0.352 e. The molecule has 2 fully saturated rings. The maximum absolute atomic E-state index is 12.7. The first-order valence-corrected chi connectivity index (χ1v) is 9.38. The minimum atomic E-state index is -0.511. The van der Waals surface area contributed by atoms with Crippen LogP contribution in [0.15, 0.2) is 12.1 Å². The third-order valence-corrected chi connectivity index (χ3v) is 5.94. The number of rotatable bonds is 4. The minimum absolute atomic E-state index is 0.0675. The third-order valence-electron chi connectivity index (χ3n) is 4.92. The molecular weight excluding hydrogens is 344 g/mol. The zero-order valence-electron chi connectivity index (χ0n) is 13.8. The lowest BCUT2D eigenvalue weighted by molar-refractivity contribution is -0.380. The van der Waals surface area contributed by atoms with Crippen LogP contribution in [0.2, 0.25) is 0 Å². The van der Waals surface area contributed by atoms with Gasteiger partial charge in [0, 0.05) is 24.7 Å². The van der Waals surface area contributed by atoms with E-state index < -0.39 is 11.0 Å². The van der Waals surface area contributed by atoms with E-state index in [9.17, 15) is 19.7 Å². The van der Waals surface area contributed by atoms with Gasteiger partial charge in [-0.1, -0.05) is 11.3 Å². The lowest BCUT2D eigenvalue weighted by Crippen LogP contribution is -2.50. The van der Waals surface area contributed by atoms with Crippen LogP contribution in [0.4, 0.5) is 5.00 Å². The highest BCUT2D eigenvalue weighted by Crippen LogP contribution is 2.28. The molecule has 2 amide bonds. The van der Waals surface area contributed by atoms with E-state index >= 15 is 0 Å². The fourth-order valence-corrected chi connectivity index (χ4v) is 4.30. The SMILES string of the molecule is NC1CCC(NC(=O)C2CCCN2C(=O)c2ccc([N+](=O)[O-])s2)CC1. The molecule has 8 nitrogen and oxygen atoms in total. The van der Waals surface area contributed by atoms with Gasteiger partial charge in [0.25, 0.3) is 5.91 Å². The van der Waals surface area contributed by atoms with Gasteiger partial charge in [-0.25, -0.2) is 0 Å². The summed E-state index contributed by atoms with van der Waals surface area (Å²) in [6, 6.07) is 2.62. The summed E-state index contributed by atoms with van der Waals surface area (Å²) in [5, 5.41) is 13.8. The minimum Gasteiger partial charge on any atom is -0.352 e. The van der Waals surface area contributed by atoms with Crippen LogP contribution in [0.5, 0.6) is 0 Å². The summed E-state index contributed by atoms with van der Waals surface area (Å²) in [6.45, 7) is 0.498. The average molecular weight is 366 g/mol. The van der Waals surface area contributed by atoms with Crippen LogP contribution < -0.4 is 11.1 Å². The van der Waals surface area contributed by atoms with Crippen molar-refractivity contribution in [2.24, 2.45) is 5.73 Å². The summed E-state index contributed by atoms with van der Waals surface area (Å²) >= 11 is 0.850. The van der Waals surface area contributed by atoms with E-state index in [1.165, 1.54) is 12.1 Å². The Balaban J connectivity index is 1.63. The molecule has 9 heteroatoms. The molecule has 0 bridgehead atoms. The van der Waals surface area contributed by atoms with E-state index in [1.54, 1.807) is 4.90 Å². The Hall–Kier alpha value is -2.00. The molecule has 1 aliphatic carbocycles. The van der Waals surface area contributed by atoms with Gasteiger partial charge in [-0.05, 0) is 44.6 Å². The number of hydrogen-bond acceptors (Lipinski definition) is 6. The van der Waals surface area contributed by atoms with Gasteiger partial charge in [0.2, 0.25) is 5.91 Å². The highest BCUT2D eigenvalue weighted by Gasteiger charge is 2.36. The van der Waals surface area contributed by atoms with E-state index in [0.29, 0.717) is 17.8 Å². The Labute approximate surface area is 149 Å². The number of nitrogens with one attached hydrogen (secondary N) is 1. The maximum atomic E-state index is 12.7. The number of hydrogen-bond donors (Lipinski definition) is 2. The molecule has 25 heavy (non-hydrogen) atoms. The summed E-state index contributed by atoms with van der Waals surface area (Å²) in [4.78, 5) is 37.4. The highest BCUT2D eigenvalue weighted by atomic mass is 32.1. The number of thiophene rings is 1. The molecule has 136 valence electrons. The number of likely N-dealkylation sites (tertiary alicyclic amines) is 1. The molecule has 2 heterocycles. The molecule has 0 aromatic carbocycles. The van der Waals surface area contributed by atoms with Crippen molar-refractivity contribution in [3.8, 4) is 0 Å². The van der Waals surface area contributed by atoms with Gasteiger partial charge < -0.3 is 16.0 Å². The first-order chi connectivity index (χ1) is 12.0. The van der Waals surface area contributed by atoms with Gasteiger partial charge in [0.15, 0.2) is 0 Å². The van der Waals surface area contributed by atoms with Gasteiger partial charge in [-0.3, -0.25) is 19.7 Å². The van der Waals surface area contributed by atoms with Gasteiger partial charge in [-0.15, -0.1) is 0 Å². The normalized spacial score (nSPS) is 26.4. The zero-order valence-corrected chi connectivity index (χ0v) is 14.7. The van der Waals surface area contributed by atoms with E-state index in [0.717, 1.165) is 43.4 Å². The summed E-state index contributed by atoms with van der Waals surface area (Å²) in [5.74, 6) is -0.432. The first-order valence-electron chi connectivity index (χ1n) is 8.57. The monoisotopic (exact) mass is 366 g/mol. The third kappa shape index (κ3) is 3.98. The van der Waals surface area contributed by atoms with E-state index in [1.807, 2.05) is 0 Å². The Morgan fingerprint density at radius 2 is 1.96 bits per heavy atom. The molecule has 1 aromatic rings. The maximum Gasteiger partial charge on any atom is 0.324 e. The van der Waals surface area contributed by atoms with Crippen molar-refractivity contribution in [3.05, 3.63) is 27.1 Å². The van der Waals surface area contributed by atoms with Crippen molar-refractivity contribution in [1.29, 1.82) is 0 Å². The summed E-state index contributed by atoms with van der Waals surface area (Å²) in [6.07, 6.45) is 4.91. The predicted molar refractivity (Wildman–Crippen MR) is 93.4 cm³/mol. The summed E-state index contributed by atoms with van der Waals surface area (Å²) < 4.78 is 0. The number of nitro groups is 1. The van der Waals surface area contributed by atoms with E-state index in [-0.39, 0.29) is 28.9 Å². The van der Waals surface area contributed by atoms with Crippen LogP contribution in [0.1, 0.15) is 48.2 Å². The van der Waals surface area contributed by atoms with Crippen molar-refractivity contribution in [2.45, 2.75) is 56.7 Å². The zero-order chi connectivity index (χ0) is 18.0. The van der Waals surface area contributed by atoms with Crippen molar-refractivity contribution in [1.82, 2.24) is 10.2 Å². The van der Waals surface area contributed by atoms with Crippen LogP contribution >= 0.6 is 11.3 Å². The fraction of sp³-hybridized carbons (Fsp3) is 0.625. The fourth-order valence-electron chi connectivity index (χ4n) is 3.53. The second kappa shape index (κ2) is 7.49. The van der Waals surface area contributed by atoms with Crippen molar-refractivity contribution >= 4 is 28.2 Å². The van der Waals surface area contributed by atoms with Crippen LogP contribution in [0.25, 0.3) is 0 Å². The van der Waals surface area contributed by atoms with Crippen molar-refractivity contribution in [3.63, 3.8) is 0 Å². The second-order valence-electron chi connectivity index (χ2n) is 6.67. The quantitative estimate of drug-likeness (QED) is 0.620. The van der Waals surface area contributed by atoms with E-state index in [4.69, 9.17) is 5.73 Å². The molecule has 3 N–H and O–H groups in total. The van der Waals surface area contributed by atoms with Crippen LogP contribution in [0, 0.1) is 10.1 Å². The van der Waals surface area contributed by atoms with Crippen LogP contribution in [-0.4, -0.2) is 46.3 Å². The van der Waals surface area contributed by atoms with Gasteiger partial charge in [0.1, 0.15) is 6.04 Å². The Bertz CT molecular complexity index is 669. The molecular formula is C16H22N4O4S. The Morgan fingerprint density at radius 1 is 1.24 bits per heavy atom. The average Bonchev–Trinajstić information content (AvgIpc) is 3.26. The molecule has 0 spiro atoms. The Kier molecular flexibility index (Phi) is 5.33. The van der Waals surface area contributed by atoms with Crippen LogP contribution in [0.3, 0.4) is 0 Å². The van der Waals surface area contributed by atoms with Gasteiger partial charge in [0.05, 0.1) is 9.80 Å². The molecule has 1 saturated carbocycles. The molecule has 1 saturated heterocycles. The number of carbonyl (C=O) groups excluding carboxylic acids is 2. The molecule has 1 unspecified atom stereocenters. The Morgan fingerprint density at radius 3 is 2.60 bits per heavy atom. The number of nitrogens with two attached hydrogens (primary N) is 1. The molecule has 0 radical (unpaired) electrons. The smallest absolute Gasteiger partial charge is 0.324 e. The predicted octanol–water partition coefficient (Wildman–Crippen LogP) is 1.65. The second-order valence-corrected chi connectivity index (χ2v) is 7.73. The summed E-state index contributed by atoms with van der Waals surface area (Å²) in [5.41, 5.74) is 5.89. The lowest BCUT2D eigenvalue weighted by Gasteiger charge is -2.30. The van der Waals surface area contributed by atoms with Crippen LogP contribution in [-0.2, 0) is 4.79 Å². The summed E-state index contributed by atoms with van der Waals surface area (Å²) in [7, 11) is 0. The molecule has 1 aliphatic heterocycles. The standard InChI is InChI=1S/C16H22N4O4S/c17-10-3-5-11(6-4-10)18-15(21)12-2-1-9-19(12)16(22)13-7-8-14(25-13)20(23)24/h7-8,10-12H,1-6,9,17H2,(H,18,21). The molecule has 1 atom stereocenters. The first kappa shape index (κ1) is 17.8.